The number of carbonyl (C=O) groups excluding carboxylic acids is 1. The quantitative estimate of drug-likeness (QED) is 0.0971. The summed E-state index contributed by atoms with van der Waals surface area (Å²) < 4.78 is 78.5. The standard InChI is InChI=1S/C26H19F5O3/c1-2-3-4-11-33-19-9-7-16(8-10-19)5-6-17-12-22(29)25(23(30)13-17)34-26(32)18-14-20(27)24(31)21(28)15-18/h7-10,12-15H,2-4,11H2,1H3. The fraction of sp³-hybridized carbons (Fsp3) is 0.192. The molecule has 3 nitrogen and oxygen atoms in total. The zero-order valence-electron chi connectivity index (χ0n) is 18.1. The van der Waals surface area contributed by atoms with Gasteiger partial charge in [0, 0.05) is 11.1 Å². The van der Waals surface area contributed by atoms with Crippen molar-refractivity contribution < 1.29 is 36.2 Å². The van der Waals surface area contributed by atoms with Gasteiger partial charge in [-0.05, 0) is 55.0 Å². The fourth-order valence-electron chi connectivity index (χ4n) is 2.88. The number of esters is 1. The van der Waals surface area contributed by atoms with Gasteiger partial charge in [-0.2, -0.15) is 0 Å². The highest BCUT2D eigenvalue weighted by Crippen LogP contribution is 2.25. The predicted octanol–water partition coefficient (Wildman–Crippen LogP) is 6.57. The van der Waals surface area contributed by atoms with Crippen LogP contribution in [0.2, 0.25) is 0 Å². The van der Waals surface area contributed by atoms with Crippen LogP contribution >= 0.6 is 0 Å². The van der Waals surface area contributed by atoms with Gasteiger partial charge in [0.25, 0.3) is 0 Å². The molecule has 0 N–H and O–H groups in total. The minimum Gasteiger partial charge on any atom is -0.494 e. The molecule has 176 valence electrons. The normalized spacial score (nSPS) is 10.4. The van der Waals surface area contributed by atoms with E-state index in [4.69, 9.17) is 4.74 Å². The molecule has 8 heteroatoms. The summed E-state index contributed by atoms with van der Waals surface area (Å²) in [4.78, 5) is 12.0. The van der Waals surface area contributed by atoms with Crippen molar-refractivity contribution in [1.82, 2.24) is 0 Å². The third-order valence-corrected chi connectivity index (χ3v) is 4.63. The third kappa shape index (κ3) is 6.35. The smallest absolute Gasteiger partial charge is 0.343 e. The number of benzene rings is 3. The van der Waals surface area contributed by atoms with E-state index in [-0.39, 0.29) is 5.56 Å². The minimum absolute atomic E-state index is 0.0337. The zero-order valence-corrected chi connectivity index (χ0v) is 18.1. The minimum atomic E-state index is -1.79. The van der Waals surface area contributed by atoms with E-state index in [2.05, 4.69) is 23.5 Å². The second-order valence-corrected chi connectivity index (χ2v) is 7.24. The second-order valence-electron chi connectivity index (χ2n) is 7.24. The Hall–Kier alpha value is -3.86. The molecule has 0 heterocycles. The lowest BCUT2D eigenvalue weighted by Crippen LogP contribution is -2.12. The first kappa shape index (κ1) is 24.8. The van der Waals surface area contributed by atoms with Crippen molar-refractivity contribution in [2.45, 2.75) is 26.2 Å². The van der Waals surface area contributed by atoms with Crippen molar-refractivity contribution in [2.24, 2.45) is 0 Å². The molecule has 0 amide bonds. The van der Waals surface area contributed by atoms with Crippen LogP contribution in [-0.4, -0.2) is 12.6 Å². The molecule has 0 radical (unpaired) electrons. The van der Waals surface area contributed by atoms with Gasteiger partial charge in [0.05, 0.1) is 12.2 Å². The molecule has 0 aliphatic carbocycles. The van der Waals surface area contributed by atoms with Crippen LogP contribution in [0.1, 0.15) is 47.7 Å². The lowest BCUT2D eigenvalue weighted by molar-refractivity contribution is 0.0718. The largest absolute Gasteiger partial charge is 0.494 e. The average molecular weight is 474 g/mol. The molecular weight excluding hydrogens is 455 g/mol. The molecule has 3 aromatic rings. The summed E-state index contributed by atoms with van der Waals surface area (Å²) in [7, 11) is 0. The summed E-state index contributed by atoms with van der Waals surface area (Å²) in [5.41, 5.74) is -0.206. The predicted molar refractivity (Wildman–Crippen MR) is 115 cm³/mol. The van der Waals surface area contributed by atoms with Crippen molar-refractivity contribution in [1.29, 1.82) is 0 Å². The molecule has 34 heavy (non-hydrogen) atoms. The summed E-state index contributed by atoms with van der Waals surface area (Å²) in [6.45, 7) is 2.71. The third-order valence-electron chi connectivity index (χ3n) is 4.63. The van der Waals surface area contributed by atoms with Gasteiger partial charge in [0.15, 0.2) is 29.1 Å². The molecular formula is C26H19F5O3. The van der Waals surface area contributed by atoms with E-state index in [0.29, 0.717) is 30.1 Å². The monoisotopic (exact) mass is 474 g/mol. The van der Waals surface area contributed by atoms with Crippen LogP contribution in [0.3, 0.4) is 0 Å². The fourth-order valence-corrected chi connectivity index (χ4v) is 2.88. The number of hydrogen-bond acceptors (Lipinski definition) is 3. The van der Waals surface area contributed by atoms with Gasteiger partial charge in [-0.1, -0.05) is 31.6 Å². The van der Waals surface area contributed by atoms with Crippen LogP contribution in [0.15, 0.2) is 48.5 Å². The molecule has 0 aliphatic rings. The lowest BCUT2D eigenvalue weighted by Gasteiger charge is -2.08. The van der Waals surface area contributed by atoms with E-state index in [1.165, 1.54) is 0 Å². The molecule has 0 unspecified atom stereocenters. The Morgan fingerprint density at radius 1 is 0.794 bits per heavy atom. The summed E-state index contributed by atoms with van der Waals surface area (Å²) in [5, 5.41) is 0. The van der Waals surface area contributed by atoms with Crippen LogP contribution in [0.5, 0.6) is 11.5 Å². The first-order valence-electron chi connectivity index (χ1n) is 10.4. The number of ether oxygens (including phenoxy) is 2. The van der Waals surface area contributed by atoms with Crippen molar-refractivity contribution >= 4 is 5.97 Å². The highest BCUT2D eigenvalue weighted by molar-refractivity contribution is 5.91. The Morgan fingerprint density at radius 2 is 1.38 bits per heavy atom. The van der Waals surface area contributed by atoms with Gasteiger partial charge in [-0.3, -0.25) is 0 Å². The lowest BCUT2D eigenvalue weighted by atomic mass is 10.1. The second kappa shape index (κ2) is 11.3. The van der Waals surface area contributed by atoms with Crippen LogP contribution < -0.4 is 9.47 Å². The molecule has 0 spiro atoms. The first-order valence-corrected chi connectivity index (χ1v) is 10.4. The zero-order chi connectivity index (χ0) is 24.7. The van der Waals surface area contributed by atoms with Crippen molar-refractivity contribution in [3.05, 3.63) is 94.3 Å². The van der Waals surface area contributed by atoms with Gasteiger partial charge in [-0.15, -0.1) is 0 Å². The summed E-state index contributed by atoms with van der Waals surface area (Å²) in [5.74, 6) is -4.08. The Kier molecular flexibility index (Phi) is 8.25. The van der Waals surface area contributed by atoms with Gasteiger partial charge in [0.2, 0.25) is 5.75 Å². The molecule has 0 bridgehead atoms. The molecule has 0 saturated carbocycles. The average Bonchev–Trinajstić information content (AvgIpc) is 2.81. The first-order chi connectivity index (χ1) is 16.3. The van der Waals surface area contributed by atoms with Gasteiger partial charge < -0.3 is 9.47 Å². The van der Waals surface area contributed by atoms with E-state index in [1.54, 1.807) is 24.3 Å². The van der Waals surface area contributed by atoms with Crippen LogP contribution in [0.4, 0.5) is 22.0 Å². The summed E-state index contributed by atoms with van der Waals surface area (Å²) in [6, 6.07) is 9.28. The van der Waals surface area contributed by atoms with E-state index < -0.39 is 46.4 Å². The van der Waals surface area contributed by atoms with Gasteiger partial charge in [-0.25, -0.2) is 26.7 Å². The highest BCUT2D eigenvalue weighted by Gasteiger charge is 2.20. The molecule has 0 saturated heterocycles. The van der Waals surface area contributed by atoms with E-state index in [0.717, 1.165) is 31.4 Å². The van der Waals surface area contributed by atoms with E-state index in [9.17, 15) is 26.7 Å². The summed E-state index contributed by atoms with van der Waals surface area (Å²) in [6.07, 6.45) is 3.13. The van der Waals surface area contributed by atoms with Crippen molar-refractivity contribution in [3.63, 3.8) is 0 Å². The number of hydrogen-bond donors (Lipinski definition) is 0. The molecule has 0 atom stereocenters. The van der Waals surface area contributed by atoms with Gasteiger partial charge >= 0.3 is 5.97 Å². The SMILES string of the molecule is CCCCCOc1ccc(C#Cc2cc(F)c(OC(=O)c3cc(F)c(F)c(F)c3)c(F)c2)cc1. The maximum absolute atomic E-state index is 14.4. The molecule has 3 rings (SSSR count). The number of carbonyl (C=O) groups is 1. The molecule has 3 aromatic carbocycles. The maximum Gasteiger partial charge on any atom is 0.343 e. The maximum atomic E-state index is 14.4. The number of unbranched alkanes of at least 4 members (excludes halogenated alkanes) is 2. The Bertz CT molecular complexity index is 1200. The van der Waals surface area contributed by atoms with Crippen LogP contribution in [0.25, 0.3) is 0 Å². The summed E-state index contributed by atoms with van der Waals surface area (Å²) >= 11 is 0. The van der Waals surface area contributed by atoms with Crippen LogP contribution in [0, 0.1) is 40.9 Å². The number of halogens is 5. The van der Waals surface area contributed by atoms with Crippen molar-refractivity contribution in [3.8, 4) is 23.3 Å². The molecule has 0 aliphatic heterocycles. The van der Waals surface area contributed by atoms with Gasteiger partial charge in [0.1, 0.15) is 5.75 Å². The Morgan fingerprint density at radius 3 is 1.97 bits per heavy atom. The molecule has 0 aromatic heterocycles. The van der Waals surface area contributed by atoms with E-state index in [1.807, 2.05) is 0 Å². The topological polar surface area (TPSA) is 35.5 Å². The highest BCUT2D eigenvalue weighted by atomic mass is 19.2. The molecule has 0 fully saturated rings. The number of rotatable bonds is 7. The van der Waals surface area contributed by atoms with E-state index >= 15 is 0 Å². The van der Waals surface area contributed by atoms with Crippen molar-refractivity contribution in [2.75, 3.05) is 6.61 Å². The van der Waals surface area contributed by atoms with Crippen LogP contribution in [-0.2, 0) is 0 Å². The Labute approximate surface area is 193 Å². The Balaban J connectivity index is 1.70.